The fourth-order valence-corrected chi connectivity index (χ4v) is 3.22. The number of amides is 2. The van der Waals surface area contributed by atoms with Crippen LogP contribution in [0.1, 0.15) is 33.3 Å². The first-order valence-corrected chi connectivity index (χ1v) is 9.55. The zero-order valence-electron chi connectivity index (χ0n) is 17.5. The van der Waals surface area contributed by atoms with E-state index >= 15 is 0 Å². The van der Waals surface area contributed by atoms with Crippen LogP contribution in [0.15, 0.2) is 24.3 Å². The SMILES string of the molecule is CC1CN(Cc2ccccc2NC(=O)CNC(=O)[C@@H](N)C(C)C)CC(C)O1.Cl.Cl. The van der Waals surface area contributed by atoms with Crippen molar-refractivity contribution in [3.05, 3.63) is 29.8 Å². The van der Waals surface area contributed by atoms with Crippen molar-refractivity contribution >= 4 is 42.3 Å². The van der Waals surface area contributed by atoms with Gasteiger partial charge in [0.1, 0.15) is 0 Å². The van der Waals surface area contributed by atoms with E-state index in [9.17, 15) is 9.59 Å². The molecule has 0 radical (unpaired) electrons. The Morgan fingerprint density at radius 3 is 2.34 bits per heavy atom. The summed E-state index contributed by atoms with van der Waals surface area (Å²) in [6.45, 7) is 10.2. The van der Waals surface area contributed by atoms with Gasteiger partial charge in [-0.05, 0) is 31.4 Å². The van der Waals surface area contributed by atoms with E-state index in [1.165, 1.54) is 0 Å². The number of nitrogens with two attached hydrogens (primary N) is 1. The maximum absolute atomic E-state index is 12.3. The first kappa shape index (κ1) is 27.6. The summed E-state index contributed by atoms with van der Waals surface area (Å²) >= 11 is 0. The summed E-state index contributed by atoms with van der Waals surface area (Å²) in [6, 6.07) is 7.12. The van der Waals surface area contributed by atoms with Crippen molar-refractivity contribution in [2.24, 2.45) is 11.7 Å². The molecule has 0 aromatic heterocycles. The number of benzene rings is 1. The first-order valence-electron chi connectivity index (χ1n) is 9.55. The molecule has 1 saturated heterocycles. The summed E-state index contributed by atoms with van der Waals surface area (Å²) in [6.07, 6.45) is 0.381. The Hall–Kier alpha value is -1.38. The average molecular weight is 449 g/mol. The second-order valence-corrected chi connectivity index (χ2v) is 7.64. The van der Waals surface area contributed by atoms with E-state index < -0.39 is 6.04 Å². The van der Waals surface area contributed by atoms with Crippen molar-refractivity contribution in [3.8, 4) is 0 Å². The topological polar surface area (TPSA) is 96.7 Å². The number of hydrogen-bond donors (Lipinski definition) is 3. The number of nitrogens with zero attached hydrogens (tertiary/aromatic N) is 1. The van der Waals surface area contributed by atoms with Gasteiger partial charge in [0.25, 0.3) is 0 Å². The molecule has 2 unspecified atom stereocenters. The predicted molar refractivity (Wildman–Crippen MR) is 121 cm³/mol. The van der Waals surface area contributed by atoms with Crippen molar-refractivity contribution in [2.45, 2.75) is 52.5 Å². The van der Waals surface area contributed by atoms with Gasteiger partial charge < -0.3 is 21.1 Å². The third-order valence-corrected chi connectivity index (χ3v) is 4.62. The van der Waals surface area contributed by atoms with Crippen LogP contribution in [0.2, 0.25) is 0 Å². The molecule has 1 aliphatic rings. The van der Waals surface area contributed by atoms with E-state index in [0.717, 1.165) is 30.9 Å². The molecule has 29 heavy (non-hydrogen) atoms. The van der Waals surface area contributed by atoms with Crippen molar-refractivity contribution in [1.82, 2.24) is 10.2 Å². The molecule has 1 fully saturated rings. The summed E-state index contributed by atoms with van der Waals surface area (Å²) in [7, 11) is 0. The number of anilines is 1. The molecule has 4 N–H and O–H groups in total. The van der Waals surface area contributed by atoms with Crippen molar-refractivity contribution < 1.29 is 14.3 Å². The lowest BCUT2D eigenvalue weighted by Gasteiger charge is -2.35. The van der Waals surface area contributed by atoms with Crippen LogP contribution in [0.25, 0.3) is 0 Å². The molecule has 0 spiro atoms. The predicted octanol–water partition coefficient (Wildman–Crippen LogP) is 2.18. The van der Waals surface area contributed by atoms with Crippen LogP contribution in [0.3, 0.4) is 0 Å². The van der Waals surface area contributed by atoms with E-state index in [0.29, 0.717) is 0 Å². The number of halogens is 2. The van der Waals surface area contributed by atoms with Crippen LogP contribution in [0, 0.1) is 5.92 Å². The highest BCUT2D eigenvalue weighted by atomic mass is 35.5. The van der Waals surface area contributed by atoms with Gasteiger partial charge in [-0.1, -0.05) is 32.0 Å². The molecule has 166 valence electrons. The lowest BCUT2D eigenvalue weighted by Crippen LogP contribution is -2.46. The highest BCUT2D eigenvalue weighted by molar-refractivity contribution is 5.95. The maximum atomic E-state index is 12.3. The van der Waals surface area contributed by atoms with Gasteiger partial charge in [0.2, 0.25) is 11.8 Å². The molecule has 1 aromatic carbocycles. The quantitative estimate of drug-likeness (QED) is 0.593. The number of carbonyl (C=O) groups excluding carboxylic acids is 2. The molecule has 7 nitrogen and oxygen atoms in total. The van der Waals surface area contributed by atoms with Gasteiger partial charge in [0, 0.05) is 25.3 Å². The lowest BCUT2D eigenvalue weighted by molar-refractivity contribution is -0.125. The standard InChI is InChI=1S/C20H32N4O3.2ClH/c1-13(2)19(21)20(26)22-9-18(25)23-17-8-6-5-7-16(17)12-24-10-14(3)27-15(4)11-24;;/h5-8,13-15,19H,9-12,21H2,1-4H3,(H,22,26)(H,23,25);2*1H/t14?,15?,19-;;/m0../s1. The second kappa shape index (κ2) is 13.0. The first-order chi connectivity index (χ1) is 12.8. The number of rotatable bonds is 7. The zero-order chi connectivity index (χ0) is 20.0. The molecular formula is C20H34Cl2N4O3. The second-order valence-electron chi connectivity index (χ2n) is 7.64. The number of para-hydroxylation sites is 1. The van der Waals surface area contributed by atoms with Gasteiger partial charge >= 0.3 is 0 Å². The van der Waals surface area contributed by atoms with E-state index in [4.69, 9.17) is 10.5 Å². The zero-order valence-corrected chi connectivity index (χ0v) is 19.1. The summed E-state index contributed by atoms with van der Waals surface area (Å²) in [5.41, 5.74) is 7.59. The van der Waals surface area contributed by atoms with Gasteiger partial charge in [-0.3, -0.25) is 14.5 Å². The molecule has 3 atom stereocenters. The normalized spacial score (nSPS) is 20.2. The van der Waals surface area contributed by atoms with E-state index in [-0.39, 0.29) is 61.3 Å². The minimum Gasteiger partial charge on any atom is -0.373 e. The molecule has 2 rings (SSSR count). The van der Waals surface area contributed by atoms with Crippen molar-refractivity contribution in [2.75, 3.05) is 25.0 Å². The minimum absolute atomic E-state index is 0. The van der Waals surface area contributed by atoms with Crippen LogP contribution >= 0.6 is 24.8 Å². The monoisotopic (exact) mass is 448 g/mol. The summed E-state index contributed by atoms with van der Waals surface area (Å²) in [5.74, 6) is -0.563. The third kappa shape index (κ3) is 8.88. The largest absolute Gasteiger partial charge is 0.373 e. The molecule has 2 amide bonds. The van der Waals surface area contributed by atoms with Gasteiger partial charge in [-0.25, -0.2) is 0 Å². The number of nitrogens with one attached hydrogen (secondary N) is 2. The third-order valence-electron chi connectivity index (χ3n) is 4.62. The number of morpholine rings is 1. The summed E-state index contributed by atoms with van der Waals surface area (Å²) in [5, 5.41) is 5.49. The van der Waals surface area contributed by atoms with Gasteiger partial charge in [0.05, 0.1) is 24.8 Å². The maximum Gasteiger partial charge on any atom is 0.243 e. The molecular weight excluding hydrogens is 415 g/mol. The van der Waals surface area contributed by atoms with Crippen LogP contribution in [-0.4, -0.2) is 54.6 Å². The Bertz CT molecular complexity index is 650. The number of carbonyl (C=O) groups is 2. The van der Waals surface area contributed by atoms with E-state index in [1.807, 2.05) is 38.1 Å². The van der Waals surface area contributed by atoms with Crippen molar-refractivity contribution in [3.63, 3.8) is 0 Å². The van der Waals surface area contributed by atoms with Gasteiger partial charge in [0.15, 0.2) is 0 Å². The fourth-order valence-electron chi connectivity index (χ4n) is 3.22. The van der Waals surface area contributed by atoms with Crippen LogP contribution < -0.4 is 16.4 Å². The Morgan fingerprint density at radius 2 is 1.76 bits per heavy atom. The van der Waals surface area contributed by atoms with E-state index in [1.54, 1.807) is 0 Å². The Morgan fingerprint density at radius 1 is 1.17 bits per heavy atom. The highest BCUT2D eigenvalue weighted by Gasteiger charge is 2.23. The highest BCUT2D eigenvalue weighted by Crippen LogP contribution is 2.20. The van der Waals surface area contributed by atoms with Crippen molar-refractivity contribution in [1.29, 1.82) is 0 Å². The molecule has 9 heteroatoms. The summed E-state index contributed by atoms with van der Waals surface area (Å²) in [4.78, 5) is 26.5. The fraction of sp³-hybridized carbons (Fsp3) is 0.600. The molecule has 1 aromatic rings. The van der Waals surface area contributed by atoms with Crippen LogP contribution in [-0.2, 0) is 20.9 Å². The molecule has 0 saturated carbocycles. The smallest absolute Gasteiger partial charge is 0.243 e. The average Bonchev–Trinajstić information content (AvgIpc) is 2.59. The molecule has 0 aliphatic carbocycles. The molecule has 0 bridgehead atoms. The minimum atomic E-state index is -0.615. The number of hydrogen-bond acceptors (Lipinski definition) is 5. The van der Waals surface area contributed by atoms with Crippen LogP contribution in [0.4, 0.5) is 5.69 Å². The molecule has 1 heterocycles. The van der Waals surface area contributed by atoms with E-state index in [2.05, 4.69) is 29.4 Å². The van der Waals surface area contributed by atoms with Gasteiger partial charge in [-0.15, -0.1) is 24.8 Å². The van der Waals surface area contributed by atoms with Gasteiger partial charge in [-0.2, -0.15) is 0 Å². The van der Waals surface area contributed by atoms with Crippen LogP contribution in [0.5, 0.6) is 0 Å². The summed E-state index contributed by atoms with van der Waals surface area (Å²) < 4.78 is 5.78. The Kier molecular flexibility index (Phi) is 12.4. The Balaban J connectivity index is 0.00000392. The Labute approximate surface area is 185 Å². The lowest BCUT2D eigenvalue weighted by atomic mass is 10.1. The molecule has 1 aliphatic heterocycles. The number of ether oxygens (including phenoxy) is 1.